The Hall–Kier alpha value is -2.13. The van der Waals surface area contributed by atoms with E-state index in [0.29, 0.717) is 0 Å². The molecule has 28 heavy (non-hydrogen) atoms. The first kappa shape index (κ1) is 22.2. The van der Waals surface area contributed by atoms with E-state index in [1.54, 1.807) is 7.11 Å². The van der Waals surface area contributed by atoms with Crippen molar-refractivity contribution in [3.63, 3.8) is 0 Å². The average Bonchev–Trinajstić information content (AvgIpc) is 2.63. The molecule has 1 unspecified atom stereocenters. The molecule has 0 amide bonds. The summed E-state index contributed by atoms with van der Waals surface area (Å²) < 4.78 is 11.5. The lowest BCUT2D eigenvalue weighted by Gasteiger charge is -2.45. The summed E-state index contributed by atoms with van der Waals surface area (Å²) in [5, 5.41) is 0. The van der Waals surface area contributed by atoms with Crippen LogP contribution in [0.25, 0.3) is 0 Å². The zero-order valence-electron chi connectivity index (χ0n) is 18.2. The number of methoxy groups -OCH3 is 1. The van der Waals surface area contributed by atoms with Gasteiger partial charge < -0.3 is 14.3 Å². The predicted octanol–water partition coefficient (Wildman–Crippen LogP) is 5.67. The van der Waals surface area contributed by atoms with Gasteiger partial charge in [0.2, 0.25) is 0 Å². The van der Waals surface area contributed by atoms with Crippen LogP contribution in [0.2, 0.25) is 0 Å². The fraction of sp³-hybridized carbons (Fsp3) is 0.480. The van der Waals surface area contributed by atoms with E-state index >= 15 is 0 Å². The minimum atomic E-state index is -0.0944. The molecule has 1 aliphatic rings. The van der Waals surface area contributed by atoms with Gasteiger partial charge >= 0.3 is 0 Å². The van der Waals surface area contributed by atoms with Gasteiger partial charge in [-0.05, 0) is 76.6 Å². The summed E-state index contributed by atoms with van der Waals surface area (Å²) in [5.74, 6) is 1.14. The van der Waals surface area contributed by atoms with Crippen molar-refractivity contribution < 1.29 is 14.3 Å². The highest BCUT2D eigenvalue weighted by Crippen LogP contribution is 2.44. The van der Waals surface area contributed by atoms with Crippen molar-refractivity contribution in [3.05, 3.63) is 65.2 Å². The molecule has 1 saturated heterocycles. The van der Waals surface area contributed by atoms with Crippen LogP contribution in [0.5, 0.6) is 5.75 Å². The maximum Gasteiger partial charge on any atom is 0.126 e. The Labute approximate surface area is 170 Å². The van der Waals surface area contributed by atoms with Gasteiger partial charge in [0.25, 0.3) is 0 Å². The molecule has 0 saturated carbocycles. The molecule has 3 heteroatoms. The maximum absolute atomic E-state index is 9.44. The van der Waals surface area contributed by atoms with Crippen molar-refractivity contribution in [2.24, 2.45) is 0 Å². The van der Waals surface area contributed by atoms with E-state index in [0.717, 1.165) is 31.6 Å². The summed E-state index contributed by atoms with van der Waals surface area (Å²) in [6.07, 6.45) is 3.09. The first-order valence-electron chi connectivity index (χ1n) is 9.98. The third-order valence-electron chi connectivity index (χ3n) is 5.24. The molecule has 0 aromatic heterocycles. The number of ether oxygens (including phenoxy) is 2. The Kier molecular flexibility index (Phi) is 7.42. The number of ketones is 1. The van der Waals surface area contributed by atoms with E-state index in [9.17, 15) is 4.79 Å². The molecule has 3 rings (SSSR count). The third kappa shape index (κ3) is 5.93. The Morgan fingerprint density at radius 2 is 1.75 bits per heavy atom. The highest BCUT2D eigenvalue weighted by atomic mass is 16.5. The number of Topliss-reactive ketones (excluding diaryl/α,β-unsaturated/α-hetero) is 1. The predicted molar refractivity (Wildman–Crippen MR) is 115 cm³/mol. The Bertz CT molecular complexity index is 776. The first-order valence-corrected chi connectivity index (χ1v) is 9.98. The SMILES string of the molecule is CC(C)=O.COc1cc(CC2(c3ccccc3)CCOC(C)(C)C2)ccc1C. The number of hydrogen-bond donors (Lipinski definition) is 0. The van der Waals surface area contributed by atoms with Gasteiger partial charge in [0.15, 0.2) is 0 Å². The summed E-state index contributed by atoms with van der Waals surface area (Å²) in [5.41, 5.74) is 3.95. The molecule has 1 aliphatic heterocycles. The van der Waals surface area contributed by atoms with Crippen molar-refractivity contribution in [1.82, 2.24) is 0 Å². The molecule has 152 valence electrons. The molecular weight excluding hydrogens is 348 g/mol. The van der Waals surface area contributed by atoms with Gasteiger partial charge in [-0.1, -0.05) is 42.5 Å². The van der Waals surface area contributed by atoms with E-state index in [-0.39, 0.29) is 16.8 Å². The van der Waals surface area contributed by atoms with Crippen LogP contribution in [0.15, 0.2) is 48.5 Å². The lowest BCUT2D eigenvalue weighted by Crippen LogP contribution is -2.45. The van der Waals surface area contributed by atoms with E-state index in [2.05, 4.69) is 69.3 Å². The topological polar surface area (TPSA) is 35.5 Å². The van der Waals surface area contributed by atoms with Gasteiger partial charge in [-0.2, -0.15) is 0 Å². The molecule has 0 aliphatic carbocycles. The Morgan fingerprint density at radius 3 is 2.32 bits per heavy atom. The fourth-order valence-electron chi connectivity index (χ4n) is 4.13. The van der Waals surface area contributed by atoms with Crippen LogP contribution in [0, 0.1) is 6.92 Å². The lowest BCUT2D eigenvalue weighted by molar-refractivity contribution is -0.115. The van der Waals surface area contributed by atoms with Gasteiger partial charge in [-0.3, -0.25) is 0 Å². The molecule has 1 heterocycles. The Morgan fingerprint density at radius 1 is 1.11 bits per heavy atom. The molecule has 0 spiro atoms. The average molecular weight is 383 g/mol. The normalized spacial score (nSPS) is 20.6. The van der Waals surface area contributed by atoms with Crippen molar-refractivity contribution in [3.8, 4) is 5.75 Å². The van der Waals surface area contributed by atoms with Crippen LogP contribution in [0.4, 0.5) is 0 Å². The molecule has 1 atom stereocenters. The van der Waals surface area contributed by atoms with Crippen LogP contribution >= 0.6 is 0 Å². The lowest BCUT2D eigenvalue weighted by atomic mass is 9.66. The zero-order valence-corrected chi connectivity index (χ0v) is 18.2. The van der Waals surface area contributed by atoms with E-state index in [1.807, 2.05) is 0 Å². The minimum absolute atomic E-state index is 0.0944. The second kappa shape index (κ2) is 9.38. The second-order valence-electron chi connectivity index (χ2n) is 8.57. The number of rotatable bonds is 4. The number of carbonyl (C=O) groups is 1. The van der Waals surface area contributed by atoms with Gasteiger partial charge in [-0.15, -0.1) is 0 Å². The largest absolute Gasteiger partial charge is 0.496 e. The molecule has 2 aromatic carbocycles. The standard InChI is InChI=1S/C22H28O2.C3H6O/c1-17-10-11-18(14-20(17)23-4)15-22(19-8-6-5-7-9-19)12-13-24-21(2,3)16-22;1-3(2)4/h5-11,14H,12-13,15-16H2,1-4H3;1-2H3. The van der Waals surface area contributed by atoms with Gasteiger partial charge in [0.1, 0.15) is 11.5 Å². The first-order chi connectivity index (χ1) is 13.2. The van der Waals surface area contributed by atoms with Gasteiger partial charge in [-0.25, -0.2) is 0 Å². The van der Waals surface area contributed by atoms with Crippen LogP contribution < -0.4 is 4.74 Å². The molecular formula is C25H34O3. The molecule has 0 radical (unpaired) electrons. The van der Waals surface area contributed by atoms with Gasteiger partial charge in [0, 0.05) is 12.0 Å². The van der Waals surface area contributed by atoms with E-state index in [1.165, 1.54) is 30.5 Å². The van der Waals surface area contributed by atoms with E-state index < -0.39 is 0 Å². The zero-order chi connectivity index (χ0) is 20.8. The molecule has 3 nitrogen and oxygen atoms in total. The van der Waals surface area contributed by atoms with Crippen molar-refractivity contribution in [1.29, 1.82) is 0 Å². The van der Waals surface area contributed by atoms with Crippen molar-refractivity contribution >= 4 is 5.78 Å². The molecule has 2 aromatic rings. The molecule has 0 bridgehead atoms. The van der Waals surface area contributed by atoms with Crippen LogP contribution in [0.1, 0.15) is 57.2 Å². The highest BCUT2D eigenvalue weighted by molar-refractivity contribution is 5.72. The number of benzene rings is 2. The monoisotopic (exact) mass is 382 g/mol. The summed E-state index contributed by atoms with van der Waals surface area (Å²) in [6, 6.07) is 17.5. The van der Waals surface area contributed by atoms with E-state index in [4.69, 9.17) is 9.47 Å². The summed E-state index contributed by atoms with van der Waals surface area (Å²) in [6.45, 7) is 10.4. The highest BCUT2D eigenvalue weighted by Gasteiger charge is 2.42. The van der Waals surface area contributed by atoms with Crippen molar-refractivity contribution in [2.75, 3.05) is 13.7 Å². The smallest absolute Gasteiger partial charge is 0.126 e. The number of carbonyl (C=O) groups excluding carboxylic acids is 1. The number of hydrogen-bond acceptors (Lipinski definition) is 3. The quantitative estimate of drug-likeness (QED) is 0.683. The minimum Gasteiger partial charge on any atom is -0.496 e. The summed E-state index contributed by atoms with van der Waals surface area (Å²) in [7, 11) is 1.75. The van der Waals surface area contributed by atoms with Crippen LogP contribution in [-0.2, 0) is 21.4 Å². The maximum atomic E-state index is 9.44. The summed E-state index contributed by atoms with van der Waals surface area (Å²) in [4.78, 5) is 9.44. The second-order valence-corrected chi connectivity index (χ2v) is 8.57. The van der Waals surface area contributed by atoms with Crippen LogP contribution in [-0.4, -0.2) is 25.1 Å². The third-order valence-corrected chi connectivity index (χ3v) is 5.24. The fourth-order valence-corrected chi connectivity index (χ4v) is 4.13. The van der Waals surface area contributed by atoms with Gasteiger partial charge in [0.05, 0.1) is 12.7 Å². The molecule has 0 N–H and O–H groups in total. The van der Waals surface area contributed by atoms with Crippen molar-refractivity contribution in [2.45, 2.75) is 64.9 Å². The van der Waals surface area contributed by atoms with Crippen LogP contribution in [0.3, 0.4) is 0 Å². The Balaban J connectivity index is 0.000000640. The number of aryl methyl sites for hydroxylation is 1. The molecule has 1 fully saturated rings. The summed E-state index contributed by atoms with van der Waals surface area (Å²) >= 11 is 0.